The summed E-state index contributed by atoms with van der Waals surface area (Å²) < 4.78 is 0. The van der Waals surface area contributed by atoms with Gasteiger partial charge in [-0.15, -0.1) is 0 Å². The standard InChI is InChI=1S/2C5H12O/c1-4-5(2,3)6;1-3-5(2)4-6/h6H,4H2,1-3H3;5-6H,3-4H2,1-2H3. The average molecular weight is 176 g/mol. The SMILES string of the molecule is CCC(C)(C)O.CCC(C)CO. The van der Waals surface area contributed by atoms with Crippen molar-refractivity contribution in [2.45, 2.75) is 53.1 Å². The predicted molar refractivity (Wildman–Crippen MR) is 53.1 cm³/mol. The fourth-order valence-electron chi connectivity index (χ4n) is 0.129. The van der Waals surface area contributed by atoms with Crippen LogP contribution in [0.5, 0.6) is 0 Å². The van der Waals surface area contributed by atoms with Crippen LogP contribution in [-0.4, -0.2) is 22.4 Å². The van der Waals surface area contributed by atoms with Crippen LogP contribution in [0.4, 0.5) is 0 Å². The summed E-state index contributed by atoms with van der Waals surface area (Å²) in [5, 5.41) is 17.2. The van der Waals surface area contributed by atoms with Gasteiger partial charge in [0.2, 0.25) is 0 Å². The third kappa shape index (κ3) is 16.5. The van der Waals surface area contributed by atoms with Crippen molar-refractivity contribution >= 4 is 0 Å². The van der Waals surface area contributed by atoms with Crippen molar-refractivity contribution in [1.29, 1.82) is 0 Å². The highest BCUT2D eigenvalue weighted by molar-refractivity contribution is 4.59. The summed E-state index contributed by atoms with van der Waals surface area (Å²) in [6.45, 7) is 9.98. The molecule has 0 aromatic heterocycles. The van der Waals surface area contributed by atoms with Crippen LogP contribution in [0.25, 0.3) is 0 Å². The molecule has 0 aliphatic carbocycles. The molecule has 0 aliphatic heterocycles. The first-order valence-corrected chi connectivity index (χ1v) is 4.70. The maximum absolute atomic E-state index is 8.83. The van der Waals surface area contributed by atoms with E-state index in [4.69, 9.17) is 10.2 Å². The van der Waals surface area contributed by atoms with Crippen molar-refractivity contribution in [2.75, 3.05) is 6.61 Å². The number of aliphatic hydroxyl groups excluding tert-OH is 1. The molecule has 0 bridgehead atoms. The molecule has 0 aliphatic rings. The molecule has 2 nitrogen and oxygen atoms in total. The predicted octanol–water partition coefficient (Wildman–Crippen LogP) is 2.19. The minimum absolute atomic E-state index is 0.330. The lowest BCUT2D eigenvalue weighted by atomic mass is 10.1. The normalized spacial score (nSPS) is 13.2. The van der Waals surface area contributed by atoms with Crippen LogP contribution < -0.4 is 0 Å². The van der Waals surface area contributed by atoms with Gasteiger partial charge in [-0.05, 0) is 26.2 Å². The quantitative estimate of drug-likeness (QED) is 0.692. The Morgan fingerprint density at radius 2 is 1.58 bits per heavy atom. The van der Waals surface area contributed by atoms with Crippen molar-refractivity contribution in [3.63, 3.8) is 0 Å². The fourth-order valence-corrected chi connectivity index (χ4v) is 0.129. The van der Waals surface area contributed by atoms with Crippen LogP contribution in [0, 0.1) is 5.92 Å². The zero-order valence-corrected chi connectivity index (χ0v) is 9.09. The van der Waals surface area contributed by atoms with Gasteiger partial charge in [0.05, 0.1) is 5.60 Å². The number of aliphatic hydroxyl groups is 2. The van der Waals surface area contributed by atoms with Gasteiger partial charge in [0.1, 0.15) is 0 Å². The summed E-state index contributed by atoms with van der Waals surface area (Å²) in [6, 6.07) is 0. The number of hydrogen-bond acceptors (Lipinski definition) is 2. The zero-order valence-electron chi connectivity index (χ0n) is 9.09. The molecule has 1 unspecified atom stereocenters. The van der Waals surface area contributed by atoms with E-state index >= 15 is 0 Å². The summed E-state index contributed by atoms with van der Waals surface area (Å²) in [4.78, 5) is 0. The Labute approximate surface area is 76.6 Å². The first kappa shape index (κ1) is 14.4. The molecule has 0 aromatic rings. The first-order valence-electron chi connectivity index (χ1n) is 4.70. The molecule has 1 atom stereocenters. The van der Waals surface area contributed by atoms with Crippen molar-refractivity contribution in [3.8, 4) is 0 Å². The van der Waals surface area contributed by atoms with E-state index < -0.39 is 5.60 Å². The van der Waals surface area contributed by atoms with Crippen molar-refractivity contribution in [1.82, 2.24) is 0 Å². The van der Waals surface area contributed by atoms with Crippen LogP contribution in [0.3, 0.4) is 0 Å². The fraction of sp³-hybridized carbons (Fsp3) is 1.00. The van der Waals surface area contributed by atoms with E-state index in [1.807, 2.05) is 13.8 Å². The van der Waals surface area contributed by atoms with E-state index in [2.05, 4.69) is 6.92 Å². The van der Waals surface area contributed by atoms with Crippen LogP contribution >= 0.6 is 0 Å². The van der Waals surface area contributed by atoms with Gasteiger partial charge in [0, 0.05) is 6.61 Å². The van der Waals surface area contributed by atoms with Gasteiger partial charge in [0.25, 0.3) is 0 Å². The summed E-state index contributed by atoms with van der Waals surface area (Å²) in [5.74, 6) is 0.491. The van der Waals surface area contributed by atoms with E-state index in [0.29, 0.717) is 12.5 Å². The molecule has 2 heteroatoms. The van der Waals surface area contributed by atoms with Gasteiger partial charge >= 0.3 is 0 Å². The van der Waals surface area contributed by atoms with Crippen molar-refractivity contribution in [3.05, 3.63) is 0 Å². The Kier molecular flexibility index (Phi) is 9.10. The highest BCUT2D eigenvalue weighted by Gasteiger charge is 2.05. The average Bonchev–Trinajstić information content (AvgIpc) is 2.03. The number of hydrogen-bond donors (Lipinski definition) is 2. The Bertz CT molecular complexity index is 80.3. The smallest absolute Gasteiger partial charge is 0.0589 e. The van der Waals surface area contributed by atoms with Gasteiger partial charge in [0.15, 0.2) is 0 Å². The molecule has 0 spiro atoms. The molecule has 0 aromatic carbocycles. The minimum atomic E-state index is -0.458. The Morgan fingerprint density at radius 3 is 1.58 bits per heavy atom. The number of rotatable bonds is 3. The van der Waals surface area contributed by atoms with Crippen molar-refractivity contribution < 1.29 is 10.2 Å². The van der Waals surface area contributed by atoms with E-state index in [0.717, 1.165) is 12.8 Å². The second-order valence-electron chi connectivity index (χ2n) is 3.86. The van der Waals surface area contributed by atoms with Gasteiger partial charge in [-0.3, -0.25) is 0 Å². The molecule has 12 heavy (non-hydrogen) atoms. The van der Waals surface area contributed by atoms with E-state index in [-0.39, 0.29) is 0 Å². The van der Waals surface area contributed by atoms with E-state index in [1.54, 1.807) is 13.8 Å². The lowest BCUT2D eigenvalue weighted by molar-refractivity contribution is 0.0765. The molecule has 76 valence electrons. The molecule has 2 N–H and O–H groups in total. The highest BCUT2D eigenvalue weighted by atomic mass is 16.3. The summed E-state index contributed by atoms with van der Waals surface area (Å²) in [5.41, 5.74) is -0.458. The Hall–Kier alpha value is -0.0800. The lowest BCUT2D eigenvalue weighted by Gasteiger charge is -2.11. The molecule has 0 heterocycles. The first-order chi connectivity index (χ1) is 5.37. The Balaban J connectivity index is 0. The van der Waals surface area contributed by atoms with Crippen molar-refractivity contribution in [2.24, 2.45) is 5.92 Å². The van der Waals surface area contributed by atoms with E-state index in [1.165, 1.54) is 0 Å². The molecule has 0 amide bonds. The lowest BCUT2D eigenvalue weighted by Crippen LogP contribution is -2.15. The topological polar surface area (TPSA) is 40.5 Å². The molecule has 0 saturated carbocycles. The summed E-state index contributed by atoms with van der Waals surface area (Å²) >= 11 is 0. The molecule has 0 fully saturated rings. The van der Waals surface area contributed by atoms with Crippen LogP contribution in [0.2, 0.25) is 0 Å². The maximum atomic E-state index is 8.83. The largest absolute Gasteiger partial charge is 0.396 e. The molecular formula is C10H24O2. The highest BCUT2D eigenvalue weighted by Crippen LogP contribution is 2.03. The van der Waals surface area contributed by atoms with E-state index in [9.17, 15) is 0 Å². The van der Waals surface area contributed by atoms with Crippen LogP contribution in [-0.2, 0) is 0 Å². The third-order valence-electron chi connectivity index (χ3n) is 1.87. The molecule has 0 rings (SSSR count). The van der Waals surface area contributed by atoms with Gasteiger partial charge in [-0.25, -0.2) is 0 Å². The van der Waals surface area contributed by atoms with Crippen LogP contribution in [0.1, 0.15) is 47.5 Å². The summed E-state index contributed by atoms with van der Waals surface area (Å²) in [7, 11) is 0. The van der Waals surface area contributed by atoms with Gasteiger partial charge in [-0.1, -0.05) is 27.2 Å². The second kappa shape index (κ2) is 7.56. The third-order valence-corrected chi connectivity index (χ3v) is 1.87. The van der Waals surface area contributed by atoms with Gasteiger partial charge in [-0.2, -0.15) is 0 Å². The Morgan fingerprint density at radius 1 is 1.25 bits per heavy atom. The van der Waals surface area contributed by atoms with Crippen LogP contribution in [0.15, 0.2) is 0 Å². The molecule has 0 saturated heterocycles. The second-order valence-corrected chi connectivity index (χ2v) is 3.86. The maximum Gasteiger partial charge on any atom is 0.0589 e. The monoisotopic (exact) mass is 176 g/mol. The molecule has 0 radical (unpaired) electrons. The van der Waals surface area contributed by atoms with Gasteiger partial charge < -0.3 is 10.2 Å². The minimum Gasteiger partial charge on any atom is -0.396 e. The molecular weight excluding hydrogens is 152 g/mol. The zero-order chi connectivity index (χ0) is 10.2. The summed E-state index contributed by atoms with van der Waals surface area (Å²) in [6.07, 6.45) is 1.91.